The molecule has 0 spiro atoms. The van der Waals surface area contributed by atoms with Crippen molar-refractivity contribution in [3.63, 3.8) is 0 Å². The molecule has 3 N–H and O–H groups in total. The van der Waals surface area contributed by atoms with Crippen LogP contribution in [-0.4, -0.2) is 11.7 Å². The van der Waals surface area contributed by atoms with E-state index in [0.29, 0.717) is 22.2 Å². The molecule has 0 fully saturated rings. The monoisotopic (exact) mass is 452 g/mol. The molecule has 0 radical (unpaired) electrons. The van der Waals surface area contributed by atoms with Gasteiger partial charge in [0.15, 0.2) is 0 Å². The molecule has 1 unspecified atom stereocenters. The van der Waals surface area contributed by atoms with Gasteiger partial charge in [0.05, 0.1) is 11.8 Å². The normalized spacial score (nSPS) is 16.4. The number of nitrogens with zero attached hydrogens (tertiary/aromatic N) is 1. The maximum Gasteiger partial charge on any atom is 0.339 e. The minimum atomic E-state index is -0.431. The molecular formula is C24H22Cl2N4O. The van der Waals surface area contributed by atoms with E-state index in [1.165, 1.54) is 16.7 Å². The summed E-state index contributed by atoms with van der Waals surface area (Å²) in [6.45, 7) is 4.19. The van der Waals surface area contributed by atoms with Crippen molar-refractivity contribution in [3.05, 3.63) is 93.0 Å². The smallest absolute Gasteiger partial charge is 0.339 e. The van der Waals surface area contributed by atoms with Gasteiger partial charge in [0.25, 0.3) is 0 Å². The molecule has 0 aliphatic carbocycles. The van der Waals surface area contributed by atoms with Crippen LogP contribution >= 0.6 is 23.2 Å². The number of hydrogen-bond acceptors (Lipinski definition) is 3. The summed E-state index contributed by atoms with van der Waals surface area (Å²) >= 11 is 12.1. The van der Waals surface area contributed by atoms with Crippen LogP contribution < -0.4 is 16.1 Å². The first-order chi connectivity index (χ1) is 14.9. The fourth-order valence-corrected chi connectivity index (χ4v) is 4.04. The molecule has 5 nitrogen and oxygen atoms in total. The van der Waals surface area contributed by atoms with Gasteiger partial charge >= 0.3 is 6.03 Å². The van der Waals surface area contributed by atoms with Gasteiger partial charge in [-0.2, -0.15) is 5.10 Å². The summed E-state index contributed by atoms with van der Waals surface area (Å²) < 4.78 is 0. The second kappa shape index (κ2) is 9.00. The van der Waals surface area contributed by atoms with Crippen LogP contribution in [0, 0.1) is 13.8 Å². The number of benzene rings is 3. The van der Waals surface area contributed by atoms with Crippen LogP contribution in [-0.2, 0) is 0 Å². The van der Waals surface area contributed by atoms with Gasteiger partial charge in [-0.1, -0.05) is 47.0 Å². The largest absolute Gasteiger partial charge is 0.377 e. The lowest BCUT2D eigenvalue weighted by Gasteiger charge is -2.29. The quantitative estimate of drug-likeness (QED) is 0.387. The molecule has 1 aliphatic rings. The molecule has 0 saturated carbocycles. The summed E-state index contributed by atoms with van der Waals surface area (Å²) in [5.41, 5.74) is 9.43. The minimum Gasteiger partial charge on any atom is -0.377 e. The average molecular weight is 453 g/mol. The van der Waals surface area contributed by atoms with Crippen LogP contribution in [0.15, 0.2) is 65.8 Å². The second-order valence-electron chi connectivity index (χ2n) is 7.58. The van der Waals surface area contributed by atoms with Crippen molar-refractivity contribution in [3.8, 4) is 0 Å². The first-order valence-electron chi connectivity index (χ1n) is 9.92. The van der Waals surface area contributed by atoms with E-state index in [1.807, 2.05) is 18.2 Å². The zero-order chi connectivity index (χ0) is 22.0. The Bertz CT molecular complexity index is 1160. The van der Waals surface area contributed by atoms with E-state index in [-0.39, 0.29) is 6.04 Å². The highest BCUT2D eigenvalue weighted by atomic mass is 35.5. The van der Waals surface area contributed by atoms with Gasteiger partial charge in [0.2, 0.25) is 0 Å². The summed E-state index contributed by atoms with van der Waals surface area (Å²) in [4.78, 5) is 12.4. The van der Waals surface area contributed by atoms with Gasteiger partial charge in [-0.15, -0.1) is 0 Å². The number of aryl methyl sites for hydroxylation is 2. The van der Waals surface area contributed by atoms with Gasteiger partial charge < -0.3 is 10.6 Å². The van der Waals surface area contributed by atoms with Crippen molar-refractivity contribution in [2.75, 3.05) is 10.6 Å². The topological polar surface area (TPSA) is 65.5 Å². The van der Waals surface area contributed by atoms with Crippen LogP contribution in [0.3, 0.4) is 0 Å². The number of hydrogen-bond donors (Lipinski definition) is 3. The molecule has 3 aromatic rings. The van der Waals surface area contributed by atoms with Crippen LogP contribution in [0.25, 0.3) is 0 Å². The first kappa shape index (κ1) is 21.2. The number of nitrogens with one attached hydrogen (secondary N) is 3. The third-order valence-corrected chi connectivity index (χ3v) is 5.70. The molecule has 0 saturated heterocycles. The molecule has 0 aromatic heterocycles. The van der Waals surface area contributed by atoms with Crippen molar-refractivity contribution in [1.29, 1.82) is 0 Å². The van der Waals surface area contributed by atoms with E-state index in [2.05, 4.69) is 53.2 Å². The van der Waals surface area contributed by atoms with E-state index in [9.17, 15) is 4.79 Å². The van der Waals surface area contributed by atoms with Gasteiger partial charge in [-0.25, -0.2) is 10.2 Å². The molecule has 2 amide bonds. The Kier molecular flexibility index (Phi) is 6.16. The molecule has 7 heteroatoms. The molecule has 1 aliphatic heterocycles. The number of fused-ring (bicyclic) bond motifs is 1. The Balaban J connectivity index is 1.59. The number of carbonyl (C=O) groups excluding carboxylic acids is 1. The zero-order valence-electron chi connectivity index (χ0n) is 17.2. The lowest BCUT2D eigenvalue weighted by Crippen LogP contribution is -2.29. The van der Waals surface area contributed by atoms with E-state index >= 15 is 0 Å². The van der Waals surface area contributed by atoms with Crippen molar-refractivity contribution >= 4 is 46.3 Å². The number of anilines is 2. The standard InChI is InChI=1S/C24H22Cl2N4O/c1-14-3-9-19(15(2)11-14)22-13-23(20-12-17(26)6-10-21(20)28-22)29-30-24(31)27-18-7-4-16(25)5-8-18/h3-12,22,28H,13H2,1-2H3,(H2,27,30,31). The van der Waals surface area contributed by atoms with E-state index in [4.69, 9.17) is 23.2 Å². The summed E-state index contributed by atoms with van der Waals surface area (Å²) in [5, 5.41) is 12.0. The van der Waals surface area contributed by atoms with Crippen LogP contribution in [0.5, 0.6) is 0 Å². The fraction of sp³-hybridized carbons (Fsp3) is 0.167. The first-order valence-corrected chi connectivity index (χ1v) is 10.7. The summed E-state index contributed by atoms with van der Waals surface area (Å²) in [7, 11) is 0. The van der Waals surface area contributed by atoms with Crippen molar-refractivity contribution in [1.82, 2.24) is 5.43 Å². The number of carbonyl (C=O) groups is 1. The van der Waals surface area contributed by atoms with E-state index in [1.54, 1.807) is 24.3 Å². The third-order valence-electron chi connectivity index (χ3n) is 5.21. The van der Waals surface area contributed by atoms with Gasteiger partial charge in [0.1, 0.15) is 0 Å². The van der Waals surface area contributed by atoms with Gasteiger partial charge in [-0.3, -0.25) is 0 Å². The lowest BCUT2D eigenvalue weighted by atomic mass is 9.89. The average Bonchev–Trinajstić information content (AvgIpc) is 2.74. The Labute approximate surface area is 191 Å². The number of hydrazone groups is 1. The molecule has 0 bridgehead atoms. The van der Waals surface area contributed by atoms with Crippen molar-refractivity contribution in [2.24, 2.45) is 5.10 Å². The highest BCUT2D eigenvalue weighted by molar-refractivity contribution is 6.31. The molecule has 31 heavy (non-hydrogen) atoms. The SMILES string of the molecule is Cc1ccc(C2CC(=NNC(=O)Nc3ccc(Cl)cc3)c3cc(Cl)ccc3N2)c(C)c1. The molecule has 1 heterocycles. The van der Waals surface area contributed by atoms with Crippen LogP contribution in [0.4, 0.5) is 16.2 Å². The van der Waals surface area contributed by atoms with E-state index < -0.39 is 6.03 Å². The Morgan fingerprint density at radius 2 is 1.74 bits per heavy atom. The predicted molar refractivity (Wildman–Crippen MR) is 128 cm³/mol. The third kappa shape index (κ3) is 5.01. The van der Waals surface area contributed by atoms with Gasteiger partial charge in [-0.05, 0) is 67.4 Å². The number of amides is 2. The van der Waals surface area contributed by atoms with Gasteiger partial charge in [0, 0.05) is 33.4 Å². The highest BCUT2D eigenvalue weighted by Gasteiger charge is 2.26. The maximum atomic E-state index is 12.4. The maximum absolute atomic E-state index is 12.4. The number of rotatable bonds is 3. The minimum absolute atomic E-state index is 0.0363. The predicted octanol–water partition coefficient (Wildman–Crippen LogP) is 6.69. The van der Waals surface area contributed by atoms with E-state index in [0.717, 1.165) is 17.0 Å². The summed E-state index contributed by atoms with van der Waals surface area (Å²) in [5.74, 6) is 0. The molecule has 3 aromatic carbocycles. The highest BCUT2D eigenvalue weighted by Crippen LogP contribution is 2.35. The van der Waals surface area contributed by atoms with Crippen LogP contribution in [0.2, 0.25) is 10.0 Å². The van der Waals surface area contributed by atoms with Crippen LogP contribution in [0.1, 0.15) is 34.7 Å². The summed E-state index contributed by atoms with van der Waals surface area (Å²) in [6, 6.07) is 18.5. The zero-order valence-corrected chi connectivity index (χ0v) is 18.7. The second-order valence-corrected chi connectivity index (χ2v) is 8.46. The molecular weight excluding hydrogens is 431 g/mol. The van der Waals surface area contributed by atoms with Crippen molar-refractivity contribution < 1.29 is 4.79 Å². The Morgan fingerprint density at radius 1 is 1.00 bits per heavy atom. The Hall–Kier alpha value is -3.02. The number of urea groups is 1. The Morgan fingerprint density at radius 3 is 2.48 bits per heavy atom. The number of halogens is 2. The molecule has 158 valence electrons. The summed E-state index contributed by atoms with van der Waals surface area (Å²) in [6.07, 6.45) is 0.610. The molecule has 4 rings (SSSR count). The fourth-order valence-electron chi connectivity index (χ4n) is 3.74. The van der Waals surface area contributed by atoms with Crippen molar-refractivity contribution in [2.45, 2.75) is 26.3 Å². The molecule has 1 atom stereocenters. The lowest BCUT2D eigenvalue weighted by molar-refractivity contribution is 0.252.